The van der Waals surface area contributed by atoms with Gasteiger partial charge in [-0.2, -0.15) is 0 Å². The smallest absolute Gasteiger partial charge is 0.303 e. The van der Waals surface area contributed by atoms with Crippen molar-refractivity contribution in [1.82, 2.24) is 10.3 Å². The van der Waals surface area contributed by atoms with Crippen molar-refractivity contribution in [2.75, 3.05) is 6.54 Å². The Morgan fingerprint density at radius 2 is 1.69 bits per heavy atom. The fourth-order valence-electron chi connectivity index (χ4n) is 4.22. The second kappa shape index (κ2) is 11.1. The normalized spacial score (nSPS) is 11.0. The minimum absolute atomic E-state index is 0.0374. The molecule has 7 heteroatoms. The lowest BCUT2D eigenvalue weighted by Gasteiger charge is -2.17. The van der Waals surface area contributed by atoms with Crippen LogP contribution in [0.1, 0.15) is 42.1 Å². The maximum absolute atomic E-state index is 14.3. The molecule has 3 aromatic carbocycles. The Morgan fingerprint density at radius 3 is 2.39 bits per heavy atom. The molecule has 0 unspecified atom stereocenters. The van der Waals surface area contributed by atoms with Crippen molar-refractivity contribution in [3.63, 3.8) is 0 Å². The average molecular weight is 489 g/mol. The summed E-state index contributed by atoms with van der Waals surface area (Å²) >= 11 is 0. The average Bonchev–Trinajstić information content (AvgIpc) is 2.87. The van der Waals surface area contributed by atoms with Crippen molar-refractivity contribution in [2.45, 2.75) is 32.6 Å². The van der Waals surface area contributed by atoms with E-state index < -0.39 is 17.7 Å². The number of fused-ring (bicyclic) bond motifs is 1. The van der Waals surface area contributed by atoms with Crippen LogP contribution >= 0.6 is 0 Å². The zero-order chi connectivity index (χ0) is 25.7. The fraction of sp³-hybridized carbons (Fsp3) is 0.207. The summed E-state index contributed by atoms with van der Waals surface area (Å²) < 4.78 is 28.5. The Hall–Kier alpha value is -4.13. The van der Waals surface area contributed by atoms with E-state index in [0.29, 0.717) is 45.4 Å². The number of rotatable bonds is 9. The molecule has 0 atom stereocenters. The number of unbranched alkanes of at least 4 members (excludes halogenated alkanes) is 1. The Kier molecular flexibility index (Phi) is 7.68. The van der Waals surface area contributed by atoms with Gasteiger partial charge in [0.15, 0.2) is 0 Å². The van der Waals surface area contributed by atoms with Crippen molar-refractivity contribution in [2.24, 2.45) is 0 Å². The van der Waals surface area contributed by atoms with Crippen molar-refractivity contribution in [1.29, 1.82) is 0 Å². The maximum Gasteiger partial charge on any atom is 0.303 e. The van der Waals surface area contributed by atoms with Crippen molar-refractivity contribution < 1.29 is 23.5 Å². The van der Waals surface area contributed by atoms with Crippen LogP contribution in [0.5, 0.6) is 0 Å². The first-order valence-corrected chi connectivity index (χ1v) is 11.9. The zero-order valence-electron chi connectivity index (χ0n) is 19.9. The number of carboxylic acid groups (broad SMARTS) is 1. The molecule has 0 radical (unpaired) electrons. The molecule has 0 aliphatic rings. The summed E-state index contributed by atoms with van der Waals surface area (Å²) in [6, 6.07) is 17.5. The van der Waals surface area contributed by atoms with Crippen LogP contribution in [-0.4, -0.2) is 28.5 Å². The van der Waals surface area contributed by atoms with E-state index >= 15 is 0 Å². The highest BCUT2D eigenvalue weighted by Crippen LogP contribution is 2.33. The Bertz CT molecular complexity index is 1420. The van der Waals surface area contributed by atoms with Crippen LogP contribution in [0.4, 0.5) is 8.78 Å². The summed E-state index contributed by atoms with van der Waals surface area (Å²) in [5, 5.41) is 12.6. The Labute approximate surface area is 207 Å². The summed E-state index contributed by atoms with van der Waals surface area (Å²) in [4.78, 5) is 29.5. The monoisotopic (exact) mass is 488 g/mol. The molecule has 0 aliphatic carbocycles. The van der Waals surface area contributed by atoms with Gasteiger partial charge < -0.3 is 10.4 Å². The Morgan fingerprint density at radius 1 is 0.972 bits per heavy atom. The quantitative estimate of drug-likeness (QED) is 0.268. The van der Waals surface area contributed by atoms with Gasteiger partial charge in [-0.3, -0.25) is 9.59 Å². The van der Waals surface area contributed by atoms with Crippen LogP contribution in [0.3, 0.4) is 0 Å². The third-order valence-electron chi connectivity index (χ3n) is 6.02. The highest BCUT2D eigenvalue weighted by molar-refractivity contribution is 6.09. The van der Waals surface area contributed by atoms with Gasteiger partial charge >= 0.3 is 5.97 Å². The molecule has 4 rings (SSSR count). The van der Waals surface area contributed by atoms with Crippen LogP contribution in [0.15, 0.2) is 66.7 Å². The molecule has 0 spiro atoms. The number of aliphatic carboxylic acids is 1. The van der Waals surface area contributed by atoms with E-state index in [1.54, 1.807) is 42.5 Å². The first-order valence-electron chi connectivity index (χ1n) is 11.9. The highest BCUT2D eigenvalue weighted by Gasteiger charge is 2.22. The Balaban J connectivity index is 1.89. The van der Waals surface area contributed by atoms with Crippen LogP contribution in [-0.2, 0) is 11.2 Å². The maximum atomic E-state index is 14.3. The molecule has 5 nitrogen and oxygen atoms in total. The number of carboxylic acids is 1. The second-order valence-electron chi connectivity index (χ2n) is 8.54. The van der Waals surface area contributed by atoms with Gasteiger partial charge in [-0.05, 0) is 48.2 Å². The number of nitrogens with one attached hydrogen (secondary N) is 1. The fourth-order valence-corrected chi connectivity index (χ4v) is 4.22. The van der Waals surface area contributed by atoms with E-state index in [4.69, 9.17) is 4.98 Å². The van der Waals surface area contributed by atoms with Crippen LogP contribution < -0.4 is 5.32 Å². The van der Waals surface area contributed by atoms with E-state index in [1.807, 2.05) is 6.92 Å². The van der Waals surface area contributed by atoms with Gasteiger partial charge in [-0.1, -0.05) is 55.8 Å². The molecule has 0 saturated heterocycles. The van der Waals surface area contributed by atoms with E-state index in [9.17, 15) is 23.5 Å². The van der Waals surface area contributed by atoms with E-state index in [2.05, 4.69) is 5.32 Å². The molecule has 1 heterocycles. The third kappa shape index (κ3) is 5.40. The second-order valence-corrected chi connectivity index (χ2v) is 8.54. The van der Waals surface area contributed by atoms with Gasteiger partial charge in [-0.25, -0.2) is 13.8 Å². The van der Waals surface area contributed by atoms with Crippen molar-refractivity contribution >= 4 is 22.8 Å². The summed E-state index contributed by atoms with van der Waals surface area (Å²) in [5.74, 6) is -2.28. The summed E-state index contributed by atoms with van der Waals surface area (Å²) in [5.41, 5.74) is 3.29. The van der Waals surface area contributed by atoms with Gasteiger partial charge in [0.25, 0.3) is 5.91 Å². The highest BCUT2D eigenvalue weighted by atomic mass is 19.1. The molecular formula is C29H26F2N2O3. The minimum atomic E-state index is -1.02. The molecule has 184 valence electrons. The SMILES string of the molecule is CCCCNC(=O)c1c(CCC(=O)O)c(-c2ccc(-c3ccccc3F)cc2)nc2ccc(F)cc12. The molecule has 0 saturated carbocycles. The lowest BCUT2D eigenvalue weighted by molar-refractivity contribution is -0.136. The number of carbonyl (C=O) groups is 2. The number of aromatic nitrogens is 1. The minimum Gasteiger partial charge on any atom is -0.481 e. The molecule has 2 N–H and O–H groups in total. The van der Waals surface area contributed by atoms with Crippen LogP contribution in [0.2, 0.25) is 0 Å². The number of amides is 1. The number of carbonyl (C=O) groups excluding carboxylic acids is 1. The van der Waals surface area contributed by atoms with E-state index in [0.717, 1.165) is 12.8 Å². The first-order chi connectivity index (χ1) is 17.4. The first kappa shape index (κ1) is 25.0. The number of hydrogen-bond acceptors (Lipinski definition) is 3. The lowest BCUT2D eigenvalue weighted by Crippen LogP contribution is -2.26. The standard InChI is InChI=1S/C29H26F2N2O3/c1-2-3-16-32-29(36)27-22(13-15-26(34)35)28(33-25-14-12-20(30)17-23(25)27)19-10-8-18(9-11-19)21-6-4-5-7-24(21)31/h4-12,14,17H,2-3,13,15-16H2,1H3,(H,32,36)(H,34,35). The van der Waals surface area contributed by atoms with Crippen LogP contribution in [0.25, 0.3) is 33.3 Å². The largest absolute Gasteiger partial charge is 0.481 e. The molecule has 36 heavy (non-hydrogen) atoms. The van der Waals surface area contributed by atoms with E-state index in [-0.39, 0.29) is 24.2 Å². The molecule has 0 aliphatic heterocycles. The molecule has 4 aromatic rings. The third-order valence-corrected chi connectivity index (χ3v) is 6.02. The number of hydrogen-bond donors (Lipinski definition) is 2. The number of nitrogens with zero attached hydrogens (tertiary/aromatic N) is 1. The summed E-state index contributed by atoms with van der Waals surface area (Å²) in [7, 11) is 0. The van der Waals surface area contributed by atoms with Gasteiger partial charge in [0.2, 0.25) is 0 Å². The molecule has 0 bridgehead atoms. The predicted octanol–water partition coefficient (Wildman–Crippen LogP) is 6.39. The number of halogens is 2. The van der Waals surface area contributed by atoms with Gasteiger partial charge in [0, 0.05) is 29.5 Å². The molecule has 0 fully saturated rings. The van der Waals surface area contributed by atoms with Crippen LogP contribution in [0, 0.1) is 11.6 Å². The van der Waals surface area contributed by atoms with E-state index in [1.165, 1.54) is 24.3 Å². The van der Waals surface area contributed by atoms with Crippen molar-refractivity contribution in [3.05, 3.63) is 89.5 Å². The molecular weight excluding hydrogens is 462 g/mol. The predicted molar refractivity (Wildman–Crippen MR) is 136 cm³/mol. The summed E-state index contributed by atoms with van der Waals surface area (Å²) in [6.07, 6.45) is 1.48. The topological polar surface area (TPSA) is 79.3 Å². The van der Waals surface area contributed by atoms with Gasteiger partial charge in [0.1, 0.15) is 11.6 Å². The number of benzene rings is 3. The molecule has 1 amide bonds. The molecule has 1 aromatic heterocycles. The van der Waals surface area contributed by atoms with Crippen molar-refractivity contribution in [3.8, 4) is 22.4 Å². The number of pyridine rings is 1. The summed E-state index contributed by atoms with van der Waals surface area (Å²) in [6.45, 7) is 2.45. The zero-order valence-corrected chi connectivity index (χ0v) is 19.9. The van der Waals surface area contributed by atoms with Gasteiger partial charge in [0.05, 0.1) is 16.8 Å². The van der Waals surface area contributed by atoms with Gasteiger partial charge in [-0.15, -0.1) is 0 Å². The lowest BCUT2D eigenvalue weighted by atomic mass is 9.92.